The van der Waals surface area contributed by atoms with Crippen molar-refractivity contribution >= 4 is 0 Å². The van der Waals surface area contributed by atoms with Crippen molar-refractivity contribution in [2.75, 3.05) is 53.2 Å². The lowest BCUT2D eigenvalue weighted by Gasteiger charge is -2.40. The first-order valence-electron chi connectivity index (χ1n) is 8.44. The summed E-state index contributed by atoms with van der Waals surface area (Å²) in [6.45, 7) is 10.2. The van der Waals surface area contributed by atoms with Gasteiger partial charge in [0.2, 0.25) is 0 Å². The van der Waals surface area contributed by atoms with E-state index >= 15 is 0 Å². The smallest absolute Gasteiger partial charge is 0.197 e. The van der Waals surface area contributed by atoms with Gasteiger partial charge in [0.15, 0.2) is 5.79 Å². The van der Waals surface area contributed by atoms with E-state index in [1.165, 1.54) is 0 Å². The van der Waals surface area contributed by atoms with Gasteiger partial charge in [-0.25, -0.2) is 0 Å². The number of nitrogens with one attached hydrogen (secondary N) is 1. The molecule has 3 saturated heterocycles. The fourth-order valence-electron chi connectivity index (χ4n) is 3.90. The molecule has 3 aliphatic rings. The number of rotatable bonds is 5. The molecule has 0 saturated carbocycles. The van der Waals surface area contributed by atoms with Crippen molar-refractivity contribution in [3.63, 3.8) is 0 Å². The molecule has 3 fully saturated rings. The lowest BCUT2D eigenvalue weighted by atomic mass is 9.75. The van der Waals surface area contributed by atoms with Gasteiger partial charge in [0.1, 0.15) is 6.61 Å². The Bertz CT molecular complexity index is 358. The highest BCUT2D eigenvalue weighted by atomic mass is 16.8. The molecule has 0 aromatic carbocycles. The van der Waals surface area contributed by atoms with Crippen molar-refractivity contribution in [1.82, 2.24) is 10.4 Å². The summed E-state index contributed by atoms with van der Waals surface area (Å²) in [7, 11) is 1.75. The molecule has 3 heterocycles. The van der Waals surface area contributed by atoms with E-state index in [9.17, 15) is 0 Å². The van der Waals surface area contributed by atoms with Crippen LogP contribution in [0.3, 0.4) is 0 Å². The highest BCUT2D eigenvalue weighted by Crippen LogP contribution is 2.44. The Morgan fingerprint density at radius 2 is 1.91 bits per heavy atom. The second-order valence-corrected chi connectivity index (χ2v) is 7.33. The normalized spacial score (nSPS) is 30.4. The predicted octanol–water partition coefficient (Wildman–Crippen LogP) is 1.02. The van der Waals surface area contributed by atoms with Gasteiger partial charge in [-0.15, -0.1) is 0 Å². The van der Waals surface area contributed by atoms with Crippen molar-refractivity contribution in [3.8, 4) is 0 Å². The van der Waals surface area contributed by atoms with Crippen LogP contribution in [0, 0.1) is 11.3 Å². The molecule has 1 atom stereocenters. The molecule has 1 spiro atoms. The highest BCUT2D eigenvalue weighted by Gasteiger charge is 2.55. The van der Waals surface area contributed by atoms with Gasteiger partial charge in [0, 0.05) is 31.6 Å². The molecule has 0 aromatic heterocycles. The van der Waals surface area contributed by atoms with Crippen LogP contribution in [0.4, 0.5) is 0 Å². The topological polar surface area (TPSA) is 52.2 Å². The van der Waals surface area contributed by atoms with Crippen LogP contribution in [0.2, 0.25) is 0 Å². The molecule has 6 heteroatoms. The fourth-order valence-corrected chi connectivity index (χ4v) is 3.90. The molecular weight excluding hydrogens is 284 g/mol. The summed E-state index contributed by atoms with van der Waals surface area (Å²) in [4.78, 5) is 5.29. The van der Waals surface area contributed by atoms with Crippen molar-refractivity contribution in [2.24, 2.45) is 11.3 Å². The van der Waals surface area contributed by atoms with Crippen LogP contribution in [0.5, 0.6) is 0 Å². The lowest BCUT2D eigenvalue weighted by Crippen LogP contribution is -2.51. The maximum atomic E-state index is 5.92. The SMILES string of the molecule is CON1CCC(NCC(C)(C)C2COCC23OCCO3)CC1. The standard InChI is InChI=1S/C16H30N2O4/c1-15(2,11-17-13-4-6-18(19-3)7-5-13)14-10-20-12-16(14)21-8-9-22-16/h13-14,17H,4-12H2,1-3H3. The molecule has 0 bridgehead atoms. The second-order valence-electron chi connectivity index (χ2n) is 7.33. The summed E-state index contributed by atoms with van der Waals surface area (Å²) < 4.78 is 17.5. The fraction of sp³-hybridized carbons (Fsp3) is 1.00. The zero-order chi connectivity index (χ0) is 15.6. The van der Waals surface area contributed by atoms with Crippen molar-refractivity contribution in [3.05, 3.63) is 0 Å². The predicted molar refractivity (Wildman–Crippen MR) is 82.3 cm³/mol. The van der Waals surface area contributed by atoms with Crippen molar-refractivity contribution in [1.29, 1.82) is 0 Å². The molecule has 1 N–H and O–H groups in total. The van der Waals surface area contributed by atoms with Gasteiger partial charge in [-0.2, -0.15) is 5.06 Å². The van der Waals surface area contributed by atoms with Gasteiger partial charge in [-0.05, 0) is 18.3 Å². The van der Waals surface area contributed by atoms with Gasteiger partial charge >= 0.3 is 0 Å². The maximum absolute atomic E-state index is 5.92. The van der Waals surface area contributed by atoms with E-state index in [1.807, 2.05) is 5.06 Å². The van der Waals surface area contributed by atoms with Crippen molar-refractivity contribution in [2.45, 2.75) is 38.5 Å². The Balaban J connectivity index is 1.52. The first-order chi connectivity index (χ1) is 10.6. The zero-order valence-electron chi connectivity index (χ0n) is 14.1. The minimum absolute atomic E-state index is 0.0687. The Morgan fingerprint density at radius 3 is 2.55 bits per heavy atom. The third-order valence-electron chi connectivity index (χ3n) is 5.40. The number of ether oxygens (including phenoxy) is 3. The van der Waals surface area contributed by atoms with Crippen LogP contribution in [0.25, 0.3) is 0 Å². The van der Waals surface area contributed by atoms with Gasteiger partial charge in [0.25, 0.3) is 0 Å². The van der Waals surface area contributed by atoms with E-state index < -0.39 is 5.79 Å². The molecule has 22 heavy (non-hydrogen) atoms. The lowest BCUT2D eigenvalue weighted by molar-refractivity contribution is -0.197. The van der Waals surface area contributed by atoms with Gasteiger partial charge in [0.05, 0.1) is 26.9 Å². The highest BCUT2D eigenvalue weighted by molar-refractivity contribution is 4.97. The first kappa shape index (κ1) is 16.6. The summed E-state index contributed by atoms with van der Waals surface area (Å²) in [6, 6.07) is 0.564. The zero-order valence-corrected chi connectivity index (χ0v) is 14.1. The molecule has 3 rings (SSSR count). The van der Waals surface area contributed by atoms with E-state index in [0.29, 0.717) is 25.9 Å². The van der Waals surface area contributed by atoms with E-state index in [0.717, 1.165) is 39.1 Å². The Labute approximate surface area is 133 Å². The van der Waals surface area contributed by atoms with Crippen LogP contribution in [0.15, 0.2) is 0 Å². The Hall–Kier alpha value is -0.240. The minimum atomic E-state index is -0.509. The van der Waals surface area contributed by atoms with Gasteiger partial charge in [-0.3, -0.25) is 0 Å². The van der Waals surface area contributed by atoms with E-state index in [2.05, 4.69) is 19.2 Å². The maximum Gasteiger partial charge on any atom is 0.197 e. The minimum Gasteiger partial charge on any atom is -0.375 e. The average molecular weight is 314 g/mol. The molecule has 0 amide bonds. The Morgan fingerprint density at radius 1 is 1.23 bits per heavy atom. The number of hydroxylamine groups is 2. The van der Waals surface area contributed by atoms with E-state index in [-0.39, 0.29) is 11.3 Å². The number of nitrogens with zero attached hydrogens (tertiary/aromatic N) is 1. The summed E-state index contributed by atoms with van der Waals surface area (Å²) in [5, 5.41) is 5.77. The quantitative estimate of drug-likeness (QED) is 0.818. The average Bonchev–Trinajstić information content (AvgIpc) is 3.17. The van der Waals surface area contributed by atoms with Crippen LogP contribution < -0.4 is 5.32 Å². The molecule has 1 unspecified atom stereocenters. The summed E-state index contributed by atoms with van der Waals surface area (Å²) in [5.41, 5.74) is 0.0687. The number of piperidine rings is 1. The second kappa shape index (κ2) is 6.71. The number of hydrogen-bond acceptors (Lipinski definition) is 6. The summed E-state index contributed by atoms with van der Waals surface area (Å²) in [5.74, 6) is -0.237. The van der Waals surface area contributed by atoms with Crippen LogP contribution in [0.1, 0.15) is 26.7 Å². The van der Waals surface area contributed by atoms with E-state index in [1.54, 1.807) is 7.11 Å². The summed E-state index contributed by atoms with van der Waals surface area (Å²) >= 11 is 0. The molecule has 0 aliphatic carbocycles. The first-order valence-corrected chi connectivity index (χ1v) is 8.44. The van der Waals surface area contributed by atoms with Crippen LogP contribution >= 0.6 is 0 Å². The van der Waals surface area contributed by atoms with Crippen LogP contribution in [-0.4, -0.2) is 70.1 Å². The molecule has 128 valence electrons. The molecule has 6 nitrogen and oxygen atoms in total. The molecule has 3 aliphatic heterocycles. The van der Waals surface area contributed by atoms with Crippen molar-refractivity contribution < 1.29 is 19.0 Å². The third-order valence-corrected chi connectivity index (χ3v) is 5.40. The monoisotopic (exact) mass is 314 g/mol. The van der Waals surface area contributed by atoms with Gasteiger partial charge < -0.3 is 24.4 Å². The molecule has 0 aromatic rings. The van der Waals surface area contributed by atoms with E-state index in [4.69, 9.17) is 19.0 Å². The largest absolute Gasteiger partial charge is 0.375 e. The third kappa shape index (κ3) is 3.32. The van der Waals surface area contributed by atoms with Crippen LogP contribution in [-0.2, 0) is 19.0 Å². The molecular formula is C16H30N2O4. The number of hydrogen-bond donors (Lipinski definition) is 1. The Kier molecular flexibility index (Phi) is 5.07. The molecule has 0 radical (unpaired) electrons. The van der Waals surface area contributed by atoms with Gasteiger partial charge in [-0.1, -0.05) is 13.8 Å². The summed E-state index contributed by atoms with van der Waals surface area (Å²) in [6.07, 6.45) is 2.26.